The summed E-state index contributed by atoms with van der Waals surface area (Å²) in [7, 11) is 0. The number of hydrogen-bond acceptors (Lipinski definition) is 3. The second-order valence-electron chi connectivity index (χ2n) is 4.70. The minimum atomic E-state index is -0.0294. The van der Waals surface area contributed by atoms with Crippen LogP contribution in [-0.4, -0.2) is 22.1 Å². The fourth-order valence-electron chi connectivity index (χ4n) is 1.97. The molecule has 0 aliphatic heterocycles. The molecule has 0 radical (unpaired) electrons. The number of aromatic nitrogens is 2. The zero-order chi connectivity index (χ0) is 13.0. The zero-order valence-electron chi connectivity index (χ0n) is 10.9. The van der Waals surface area contributed by atoms with Gasteiger partial charge in [-0.25, -0.2) is 4.98 Å². The lowest BCUT2D eigenvalue weighted by Crippen LogP contribution is -2.27. The molecule has 1 heterocycles. The molecule has 96 valence electrons. The lowest BCUT2D eigenvalue weighted by atomic mass is 10.3. The predicted octanol–water partition coefficient (Wildman–Crippen LogP) is 1.78. The molecule has 0 atom stereocenters. The Kier molecular flexibility index (Phi) is 4.10. The van der Waals surface area contributed by atoms with E-state index in [2.05, 4.69) is 24.1 Å². The fourth-order valence-corrected chi connectivity index (χ4v) is 1.97. The maximum absolute atomic E-state index is 11.8. The third-order valence-corrected chi connectivity index (χ3v) is 2.86. The van der Waals surface area contributed by atoms with Crippen molar-refractivity contribution in [2.45, 2.75) is 32.9 Å². The van der Waals surface area contributed by atoms with Crippen LogP contribution in [0.2, 0.25) is 0 Å². The summed E-state index contributed by atoms with van der Waals surface area (Å²) in [5.41, 5.74) is 1.75. The van der Waals surface area contributed by atoms with Crippen molar-refractivity contribution in [3.63, 3.8) is 0 Å². The number of rotatable bonds is 5. The Morgan fingerprint density at radius 2 is 2.11 bits per heavy atom. The van der Waals surface area contributed by atoms with Crippen LogP contribution in [0.15, 0.2) is 35.3 Å². The van der Waals surface area contributed by atoms with Gasteiger partial charge in [0.1, 0.15) is 0 Å². The van der Waals surface area contributed by atoms with Crippen molar-refractivity contribution in [1.29, 1.82) is 0 Å². The molecule has 0 amide bonds. The van der Waals surface area contributed by atoms with Crippen LogP contribution in [-0.2, 0) is 6.54 Å². The van der Waals surface area contributed by atoms with E-state index in [4.69, 9.17) is 0 Å². The number of benzene rings is 1. The molecule has 0 spiro atoms. The first-order chi connectivity index (χ1) is 8.68. The van der Waals surface area contributed by atoms with Crippen LogP contribution < -0.4 is 10.9 Å². The van der Waals surface area contributed by atoms with Crippen LogP contribution in [0.4, 0.5) is 0 Å². The van der Waals surface area contributed by atoms with Crippen molar-refractivity contribution in [3.05, 3.63) is 40.8 Å². The van der Waals surface area contributed by atoms with E-state index in [0.29, 0.717) is 6.04 Å². The summed E-state index contributed by atoms with van der Waals surface area (Å²) in [6.07, 6.45) is 2.34. The van der Waals surface area contributed by atoms with E-state index in [9.17, 15) is 4.79 Å². The molecule has 0 aliphatic rings. The fraction of sp³-hybridized carbons (Fsp3) is 0.429. The molecular formula is C14H19N3O. The smallest absolute Gasteiger partial charge is 0.269 e. The van der Waals surface area contributed by atoms with Crippen LogP contribution in [0.25, 0.3) is 11.0 Å². The number of para-hydroxylation sites is 2. The highest BCUT2D eigenvalue weighted by molar-refractivity contribution is 5.74. The summed E-state index contributed by atoms with van der Waals surface area (Å²) < 4.78 is 1.80. The highest BCUT2D eigenvalue weighted by atomic mass is 16.1. The van der Waals surface area contributed by atoms with Gasteiger partial charge in [0.15, 0.2) is 0 Å². The molecule has 4 nitrogen and oxygen atoms in total. The number of hydrogen-bond donors (Lipinski definition) is 1. The largest absolute Gasteiger partial charge is 0.314 e. The van der Waals surface area contributed by atoms with Gasteiger partial charge in [0.2, 0.25) is 0 Å². The minimum absolute atomic E-state index is 0.0294. The lowest BCUT2D eigenvalue weighted by molar-refractivity contribution is 0.535. The van der Waals surface area contributed by atoms with Gasteiger partial charge in [-0.05, 0) is 25.1 Å². The first kappa shape index (κ1) is 12.8. The molecule has 0 fully saturated rings. The third-order valence-electron chi connectivity index (χ3n) is 2.86. The van der Waals surface area contributed by atoms with Crippen molar-refractivity contribution in [2.24, 2.45) is 0 Å². The Labute approximate surface area is 107 Å². The summed E-state index contributed by atoms with van der Waals surface area (Å²) in [5, 5.41) is 3.35. The first-order valence-corrected chi connectivity index (χ1v) is 6.36. The number of nitrogens with one attached hydrogen (secondary N) is 1. The molecule has 4 heteroatoms. The second-order valence-corrected chi connectivity index (χ2v) is 4.70. The molecule has 0 saturated heterocycles. The van der Waals surface area contributed by atoms with E-state index in [-0.39, 0.29) is 5.56 Å². The van der Waals surface area contributed by atoms with Crippen LogP contribution in [0.5, 0.6) is 0 Å². The predicted molar refractivity (Wildman–Crippen MR) is 73.8 cm³/mol. The molecule has 1 N–H and O–H groups in total. The van der Waals surface area contributed by atoms with Gasteiger partial charge >= 0.3 is 0 Å². The molecule has 2 rings (SSSR count). The maximum Gasteiger partial charge on any atom is 0.269 e. The van der Waals surface area contributed by atoms with Gasteiger partial charge in [-0.1, -0.05) is 26.0 Å². The van der Waals surface area contributed by atoms with E-state index in [0.717, 1.165) is 30.5 Å². The summed E-state index contributed by atoms with van der Waals surface area (Å²) in [4.78, 5) is 16.0. The molecule has 1 aromatic heterocycles. The average Bonchev–Trinajstić information content (AvgIpc) is 2.36. The normalized spacial score (nSPS) is 11.3. The molecule has 0 saturated carbocycles. The Hall–Kier alpha value is -1.68. The Bertz CT molecular complexity index is 575. The van der Waals surface area contributed by atoms with Crippen LogP contribution >= 0.6 is 0 Å². The van der Waals surface area contributed by atoms with E-state index in [1.54, 1.807) is 4.57 Å². The van der Waals surface area contributed by atoms with E-state index < -0.39 is 0 Å². The molecule has 0 unspecified atom stereocenters. The monoisotopic (exact) mass is 245 g/mol. The Morgan fingerprint density at radius 3 is 2.89 bits per heavy atom. The summed E-state index contributed by atoms with van der Waals surface area (Å²) >= 11 is 0. The molecule has 1 aromatic carbocycles. The van der Waals surface area contributed by atoms with Crippen LogP contribution in [0, 0.1) is 0 Å². The van der Waals surface area contributed by atoms with Gasteiger partial charge in [0.25, 0.3) is 5.56 Å². The van der Waals surface area contributed by atoms with Gasteiger partial charge in [0, 0.05) is 12.6 Å². The van der Waals surface area contributed by atoms with Crippen molar-refractivity contribution in [2.75, 3.05) is 6.54 Å². The lowest BCUT2D eigenvalue weighted by Gasteiger charge is -2.11. The standard InChI is InChI=1S/C14H19N3O/c1-11(2)15-8-5-9-17-13-7-4-3-6-12(13)16-10-14(17)18/h3-4,6-7,10-11,15H,5,8-9H2,1-2H3. The molecule has 18 heavy (non-hydrogen) atoms. The topological polar surface area (TPSA) is 46.9 Å². The molecular weight excluding hydrogens is 226 g/mol. The van der Waals surface area contributed by atoms with Crippen LogP contribution in [0.1, 0.15) is 20.3 Å². The second kappa shape index (κ2) is 5.78. The number of fused-ring (bicyclic) bond motifs is 1. The van der Waals surface area contributed by atoms with Gasteiger partial charge in [-0.15, -0.1) is 0 Å². The van der Waals surface area contributed by atoms with Gasteiger partial charge in [0.05, 0.1) is 17.2 Å². The van der Waals surface area contributed by atoms with E-state index >= 15 is 0 Å². The Morgan fingerprint density at radius 1 is 1.33 bits per heavy atom. The molecule has 0 aliphatic carbocycles. The average molecular weight is 245 g/mol. The highest BCUT2D eigenvalue weighted by Crippen LogP contribution is 2.08. The third kappa shape index (κ3) is 2.96. The zero-order valence-corrected chi connectivity index (χ0v) is 10.9. The van der Waals surface area contributed by atoms with E-state index in [1.165, 1.54) is 6.20 Å². The van der Waals surface area contributed by atoms with Gasteiger partial charge in [-0.3, -0.25) is 4.79 Å². The number of nitrogens with zero attached hydrogens (tertiary/aromatic N) is 2. The summed E-state index contributed by atoms with van der Waals surface area (Å²) in [6, 6.07) is 8.23. The summed E-state index contributed by atoms with van der Waals surface area (Å²) in [6.45, 7) is 5.88. The van der Waals surface area contributed by atoms with Crippen molar-refractivity contribution >= 4 is 11.0 Å². The quantitative estimate of drug-likeness (QED) is 0.817. The van der Waals surface area contributed by atoms with Gasteiger partial charge < -0.3 is 9.88 Å². The molecule has 0 bridgehead atoms. The van der Waals surface area contributed by atoms with Crippen molar-refractivity contribution in [1.82, 2.24) is 14.9 Å². The maximum atomic E-state index is 11.8. The first-order valence-electron chi connectivity index (χ1n) is 6.36. The molecule has 2 aromatic rings. The van der Waals surface area contributed by atoms with Crippen molar-refractivity contribution in [3.8, 4) is 0 Å². The van der Waals surface area contributed by atoms with Gasteiger partial charge in [-0.2, -0.15) is 0 Å². The van der Waals surface area contributed by atoms with Crippen molar-refractivity contribution < 1.29 is 0 Å². The highest BCUT2D eigenvalue weighted by Gasteiger charge is 2.03. The minimum Gasteiger partial charge on any atom is -0.314 e. The van der Waals surface area contributed by atoms with Crippen LogP contribution in [0.3, 0.4) is 0 Å². The summed E-state index contributed by atoms with van der Waals surface area (Å²) in [5.74, 6) is 0. The number of aryl methyl sites for hydroxylation is 1. The Balaban J connectivity index is 2.16. The van der Waals surface area contributed by atoms with E-state index in [1.807, 2.05) is 24.3 Å². The SMILES string of the molecule is CC(C)NCCCn1c(=O)cnc2ccccc21.